The van der Waals surface area contributed by atoms with Gasteiger partial charge in [0.1, 0.15) is 11.9 Å². The fraction of sp³-hybridized carbons (Fsp3) is 0.292. The Morgan fingerprint density at radius 1 is 1.09 bits per heavy atom. The summed E-state index contributed by atoms with van der Waals surface area (Å²) < 4.78 is 40.5. The molecule has 2 aromatic carbocycles. The van der Waals surface area contributed by atoms with Crippen molar-refractivity contribution >= 4 is 44.9 Å². The number of rotatable bonds is 7. The van der Waals surface area contributed by atoms with Crippen LogP contribution in [0.1, 0.15) is 24.8 Å². The van der Waals surface area contributed by atoms with Gasteiger partial charge in [0, 0.05) is 19.6 Å². The summed E-state index contributed by atoms with van der Waals surface area (Å²) in [6.45, 7) is 0.193. The highest BCUT2D eigenvalue weighted by Crippen LogP contribution is 2.32. The largest absolute Gasteiger partial charge is 0.353 e. The summed E-state index contributed by atoms with van der Waals surface area (Å²) in [5.41, 5.74) is 0.585. The molecule has 3 amide bonds. The highest BCUT2D eigenvalue weighted by Gasteiger charge is 2.38. The molecule has 4 rings (SSSR count). The summed E-state index contributed by atoms with van der Waals surface area (Å²) in [5.74, 6) is -1.36. The van der Waals surface area contributed by atoms with Gasteiger partial charge >= 0.3 is 0 Å². The standard InChI is InChI=1S/C24H24FN3O5S2/c25-18-11-9-17(10-12-18)16-21-23(30)27(24(31)34-21)15-13-26-22(29)20-8-4-5-14-28(20)35(32,33)19-6-2-1-3-7-19/h1-3,6-7,9-12,16,20H,4-5,8,13-15H2,(H,26,29). The second-order valence-electron chi connectivity index (χ2n) is 8.12. The van der Waals surface area contributed by atoms with Crippen LogP contribution in [0.25, 0.3) is 6.08 Å². The summed E-state index contributed by atoms with van der Waals surface area (Å²) in [6, 6.07) is 12.7. The van der Waals surface area contributed by atoms with E-state index in [2.05, 4.69) is 5.32 Å². The van der Waals surface area contributed by atoms with E-state index >= 15 is 0 Å². The first kappa shape index (κ1) is 25.1. The van der Waals surface area contributed by atoms with Crippen LogP contribution in [-0.4, -0.2) is 60.4 Å². The molecule has 2 aliphatic heterocycles. The van der Waals surface area contributed by atoms with Gasteiger partial charge in [0.05, 0.1) is 9.80 Å². The molecule has 2 aliphatic rings. The Bertz CT molecular complexity index is 1250. The van der Waals surface area contributed by atoms with Crippen LogP contribution in [-0.2, 0) is 19.6 Å². The number of nitrogens with one attached hydrogen (secondary N) is 1. The van der Waals surface area contributed by atoms with Crippen molar-refractivity contribution < 1.29 is 27.2 Å². The first-order valence-electron chi connectivity index (χ1n) is 11.1. The van der Waals surface area contributed by atoms with Gasteiger partial charge in [0.2, 0.25) is 15.9 Å². The number of carbonyl (C=O) groups excluding carboxylic acids is 3. The monoisotopic (exact) mass is 517 g/mol. The molecule has 1 unspecified atom stereocenters. The lowest BCUT2D eigenvalue weighted by Crippen LogP contribution is -2.52. The number of halogens is 1. The molecule has 8 nitrogen and oxygen atoms in total. The molecule has 1 N–H and O–H groups in total. The number of nitrogens with zero attached hydrogens (tertiary/aromatic N) is 2. The van der Waals surface area contributed by atoms with E-state index in [0.29, 0.717) is 18.4 Å². The Hall–Kier alpha value is -3.02. The quantitative estimate of drug-likeness (QED) is 0.566. The number of carbonyl (C=O) groups is 3. The maximum absolute atomic E-state index is 13.1. The number of hydrogen-bond donors (Lipinski definition) is 1. The van der Waals surface area contributed by atoms with Crippen LogP contribution in [0.15, 0.2) is 64.4 Å². The molecule has 0 aromatic heterocycles. The van der Waals surface area contributed by atoms with Gasteiger partial charge in [-0.3, -0.25) is 19.3 Å². The number of hydrogen-bond acceptors (Lipinski definition) is 6. The van der Waals surface area contributed by atoms with Gasteiger partial charge < -0.3 is 5.32 Å². The lowest BCUT2D eigenvalue weighted by atomic mass is 10.0. The van der Waals surface area contributed by atoms with Gasteiger partial charge in [-0.25, -0.2) is 12.8 Å². The maximum Gasteiger partial charge on any atom is 0.293 e. The molecule has 35 heavy (non-hydrogen) atoms. The first-order valence-corrected chi connectivity index (χ1v) is 13.4. The van der Waals surface area contributed by atoms with Crippen molar-refractivity contribution in [1.29, 1.82) is 0 Å². The third-order valence-electron chi connectivity index (χ3n) is 5.78. The lowest BCUT2D eigenvalue weighted by Gasteiger charge is -2.33. The minimum absolute atomic E-state index is 0.00355. The number of thioether (sulfide) groups is 1. The van der Waals surface area contributed by atoms with Crippen molar-refractivity contribution in [2.75, 3.05) is 19.6 Å². The normalized spacial score (nSPS) is 20.4. The molecule has 2 heterocycles. The number of amides is 3. The summed E-state index contributed by atoms with van der Waals surface area (Å²) in [6.07, 6.45) is 3.28. The topological polar surface area (TPSA) is 104 Å². The molecule has 1 atom stereocenters. The van der Waals surface area contributed by atoms with E-state index < -0.39 is 38.9 Å². The van der Waals surface area contributed by atoms with E-state index in [0.717, 1.165) is 23.1 Å². The molecule has 2 aromatic rings. The van der Waals surface area contributed by atoms with Crippen LogP contribution in [0, 0.1) is 5.82 Å². The first-order chi connectivity index (χ1) is 16.8. The summed E-state index contributed by atoms with van der Waals surface area (Å²) in [4.78, 5) is 39.2. The minimum Gasteiger partial charge on any atom is -0.353 e. The fourth-order valence-electron chi connectivity index (χ4n) is 3.99. The SMILES string of the molecule is O=C(NCCN1C(=O)SC(=Cc2ccc(F)cc2)C1=O)C1CCCCN1S(=O)(=O)c1ccccc1. The summed E-state index contributed by atoms with van der Waals surface area (Å²) in [5, 5.41) is 2.21. The van der Waals surface area contributed by atoms with Crippen LogP contribution in [0.5, 0.6) is 0 Å². The van der Waals surface area contributed by atoms with Crippen molar-refractivity contribution in [2.24, 2.45) is 0 Å². The number of piperidine rings is 1. The smallest absolute Gasteiger partial charge is 0.293 e. The van der Waals surface area contributed by atoms with Crippen molar-refractivity contribution in [2.45, 2.75) is 30.2 Å². The van der Waals surface area contributed by atoms with Gasteiger partial charge in [-0.2, -0.15) is 4.31 Å². The minimum atomic E-state index is -3.83. The highest BCUT2D eigenvalue weighted by molar-refractivity contribution is 8.18. The molecule has 0 radical (unpaired) electrons. The van der Waals surface area contributed by atoms with Gasteiger partial charge in [-0.15, -0.1) is 0 Å². The third-order valence-corrected chi connectivity index (χ3v) is 8.61. The summed E-state index contributed by atoms with van der Waals surface area (Å²) >= 11 is 0.774. The van der Waals surface area contributed by atoms with E-state index in [1.165, 1.54) is 46.8 Å². The molecule has 0 saturated carbocycles. The van der Waals surface area contributed by atoms with Crippen molar-refractivity contribution in [3.63, 3.8) is 0 Å². The molecule has 184 valence electrons. The predicted octanol–water partition coefficient (Wildman–Crippen LogP) is 3.22. The number of sulfonamides is 1. The van der Waals surface area contributed by atoms with Gasteiger partial charge in [-0.1, -0.05) is 36.8 Å². The average molecular weight is 518 g/mol. The molecule has 2 saturated heterocycles. The van der Waals surface area contributed by atoms with Crippen LogP contribution in [0.2, 0.25) is 0 Å². The van der Waals surface area contributed by atoms with Crippen molar-refractivity contribution in [3.05, 3.63) is 70.9 Å². The fourth-order valence-corrected chi connectivity index (χ4v) is 6.54. The van der Waals surface area contributed by atoms with E-state index in [1.54, 1.807) is 18.2 Å². The van der Waals surface area contributed by atoms with E-state index in [9.17, 15) is 27.2 Å². The number of benzene rings is 2. The second-order valence-corrected chi connectivity index (χ2v) is 11.0. The molecule has 11 heteroatoms. The average Bonchev–Trinajstić information content (AvgIpc) is 3.13. The van der Waals surface area contributed by atoms with Gasteiger partial charge in [0.25, 0.3) is 11.1 Å². The van der Waals surface area contributed by atoms with E-state index in [-0.39, 0.29) is 29.4 Å². The maximum atomic E-state index is 13.1. The Labute approximate surface area is 207 Å². The lowest BCUT2D eigenvalue weighted by molar-refractivity contribution is -0.127. The second kappa shape index (κ2) is 10.7. The zero-order valence-electron chi connectivity index (χ0n) is 18.7. The van der Waals surface area contributed by atoms with E-state index in [1.807, 2.05) is 0 Å². The summed E-state index contributed by atoms with van der Waals surface area (Å²) in [7, 11) is -3.83. The molecular formula is C24H24FN3O5S2. The van der Waals surface area contributed by atoms with Crippen molar-refractivity contribution in [1.82, 2.24) is 14.5 Å². The Morgan fingerprint density at radius 3 is 2.51 bits per heavy atom. The molecule has 0 bridgehead atoms. The van der Waals surface area contributed by atoms with Gasteiger partial charge in [-0.05, 0) is 60.5 Å². The molecule has 2 fully saturated rings. The zero-order valence-corrected chi connectivity index (χ0v) is 20.4. The van der Waals surface area contributed by atoms with Crippen LogP contribution in [0.3, 0.4) is 0 Å². The third kappa shape index (κ3) is 5.63. The Balaban J connectivity index is 1.37. The highest BCUT2D eigenvalue weighted by atomic mass is 32.2. The van der Waals surface area contributed by atoms with Crippen molar-refractivity contribution in [3.8, 4) is 0 Å². The molecular weight excluding hydrogens is 493 g/mol. The Kier molecular flexibility index (Phi) is 7.68. The van der Waals surface area contributed by atoms with Crippen LogP contribution >= 0.6 is 11.8 Å². The van der Waals surface area contributed by atoms with E-state index in [4.69, 9.17) is 0 Å². The molecule has 0 spiro atoms. The van der Waals surface area contributed by atoms with Crippen LogP contribution in [0.4, 0.5) is 9.18 Å². The van der Waals surface area contributed by atoms with Gasteiger partial charge in [0.15, 0.2) is 0 Å². The number of imide groups is 1. The zero-order chi connectivity index (χ0) is 25.0. The van der Waals surface area contributed by atoms with Crippen LogP contribution < -0.4 is 5.32 Å². The molecule has 0 aliphatic carbocycles. The predicted molar refractivity (Wildman–Crippen MR) is 130 cm³/mol. The Morgan fingerprint density at radius 2 is 1.80 bits per heavy atom.